The minimum atomic E-state index is -1.75. The highest BCUT2D eigenvalue weighted by molar-refractivity contribution is 5.41. The molecule has 1 aromatic carbocycles. The minimum Gasteiger partial charge on any atom is -0.399 e. The molecule has 2 rings (SSSR count). The van der Waals surface area contributed by atoms with Gasteiger partial charge in [-0.1, -0.05) is 6.07 Å². The number of rotatable bonds is 1. The molecule has 0 aliphatic rings. The SMILES string of the molecule is Nc1ccc(-[n+]2ccccc2)cc1.O=[N+]([O-])[O-]. The van der Waals surface area contributed by atoms with Crippen molar-refractivity contribution in [3.8, 4) is 5.69 Å². The van der Waals surface area contributed by atoms with Crippen molar-refractivity contribution in [2.45, 2.75) is 0 Å². The smallest absolute Gasteiger partial charge is 0.210 e. The first-order valence-electron chi connectivity index (χ1n) is 4.73. The predicted molar refractivity (Wildman–Crippen MR) is 62.7 cm³/mol. The number of pyridine rings is 1. The summed E-state index contributed by atoms with van der Waals surface area (Å²) >= 11 is 0. The number of benzene rings is 1. The number of nitrogen functional groups attached to an aromatic ring is 1. The fourth-order valence-electron chi connectivity index (χ4n) is 1.22. The second kappa shape index (κ2) is 6.06. The van der Waals surface area contributed by atoms with E-state index in [1.54, 1.807) is 0 Å². The van der Waals surface area contributed by atoms with E-state index in [4.69, 9.17) is 21.1 Å². The van der Waals surface area contributed by atoms with Crippen LogP contribution in [0.15, 0.2) is 54.9 Å². The van der Waals surface area contributed by atoms with Crippen molar-refractivity contribution in [2.75, 3.05) is 5.73 Å². The van der Waals surface area contributed by atoms with E-state index in [0.717, 1.165) is 11.4 Å². The third kappa shape index (κ3) is 4.61. The zero-order valence-corrected chi connectivity index (χ0v) is 8.89. The lowest BCUT2D eigenvalue weighted by atomic mass is 10.3. The molecule has 0 fully saturated rings. The van der Waals surface area contributed by atoms with Crippen molar-refractivity contribution in [1.29, 1.82) is 0 Å². The number of hydrogen-bond donors (Lipinski definition) is 1. The summed E-state index contributed by atoms with van der Waals surface area (Å²) in [4.78, 5) is 8.25. The van der Waals surface area contributed by atoms with Gasteiger partial charge in [0.25, 0.3) is 0 Å². The van der Waals surface area contributed by atoms with Gasteiger partial charge in [-0.25, -0.2) is 0 Å². The number of aromatic nitrogens is 1. The summed E-state index contributed by atoms with van der Waals surface area (Å²) in [5.41, 5.74) is 7.51. The number of nitrogens with two attached hydrogens (primary N) is 1. The molecule has 2 aromatic rings. The Kier molecular flexibility index (Phi) is 4.44. The number of nitrogens with zero attached hydrogens (tertiary/aromatic N) is 2. The molecule has 6 nitrogen and oxygen atoms in total. The fraction of sp³-hybridized carbons (Fsp3) is 0. The Hall–Kier alpha value is -2.63. The van der Waals surface area contributed by atoms with Gasteiger partial charge < -0.3 is 21.1 Å². The molecular weight excluding hydrogens is 222 g/mol. The highest BCUT2D eigenvalue weighted by Crippen LogP contribution is 2.04. The number of anilines is 1. The van der Waals surface area contributed by atoms with Gasteiger partial charge in [0.2, 0.25) is 5.69 Å². The van der Waals surface area contributed by atoms with Gasteiger partial charge in [0, 0.05) is 30.0 Å². The molecule has 88 valence electrons. The first-order valence-corrected chi connectivity index (χ1v) is 4.73. The lowest BCUT2D eigenvalue weighted by Crippen LogP contribution is -2.28. The molecule has 1 heterocycles. The van der Waals surface area contributed by atoms with Crippen molar-refractivity contribution in [1.82, 2.24) is 0 Å². The summed E-state index contributed by atoms with van der Waals surface area (Å²) < 4.78 is 2.04. The Balaban J connectivity index is 0.000000317. The average molecular weight is 233 g/mol. The van der Waals surface area contributed by atoms with Gasteiger partial charge in [-0.2, -0.15) is 4.57 Å². The normalized spacial score (nSPS) is 8.94. The zero-order valence-electron chi connectivity index (χ0n) is 8.89. The lowest BCUT2D eigenvalue weighted by Gasteiger charge is -1.94. The maximum atomic E-state index is 8.25. The molecule has 0 aliphatic heterocycles. The van der Waals surface area contributed by atoms with Gasteiger partial charge in [-0.15, -0.1) is 0 Å². The maximum Gasteiger partial charge on any atom is 0.210 e. The van der Waals surface area contributed by atoms with Crippen LogP contribution >= 0.6 is 0 Å². The van der Waals surface area contributed by atoms with E-state index in [1.807, 2.05) is 59.4 Å². The summed E-state index contributed by atoms with van der Waals surface area (Å²) in [6.45, 7) is 0. The van der Waals surface area contributed by atoms with Gasteiger partial charge in [-0.3, -0.25) is 0 Å². The van der Waals surface area contributed by atoms with E-state index in [9.17, 15) is 0 Å². The maximum absolute atomic E-state index is 8.25. The molecule has 17 heavy (non-hydrogen) atoms. The molecule has 0 bridgehead atoms. The van der Waals surface area contributed by atoms with Crippen LogP contribution in [0.4, 0.5) is 5.69 Å². The molecule has 0 unspecified atom stereocenters. The standard InChI is InChI=1S/C11H11N2.NO3/c12-10-4-6-11(7-5-10)13-8-2-1-3-9-13;2-1(3)4/h1-9H,12H2;/q+1;-1. The lowest BCUT2D eigenvalue weighted by molar-refractivity contribution is -0.595. The van der Waals surface area contributed by atoms with Crippen LogP contribution in [-0.2, 0) is 0 Å². The van der Waals surface area contributed by atoms with Crippen LogP contribution in [0.2, 0.25) is 0 Å². The topological polar surface area (TPSA) is 96.1 Å². The monoisotopic (exact) mass is 233 g/mol. The van der Waals surface area contributed by atoms with Crippen LogP contribution in [0, 0.1) is 15.3 Å². The number of hydrogen-bond acceptors (Lipinski definition) is 4. The van der Waals surface area contributed by atoms with Gasteiger partial charge in [0.1, 0.15) is 0 Å². The summed E-state index contributed by atoms with van der Waals surface area (Å²) in [5, 5.41) is 14.8. The summed E-state index contributed by atoms with van der Waals surface area (Å²) in [7, 11) is 0. The average Bonchev–Trinajstić information content (AvgIpc) is 2.30. The molecular formula is C11H11N3O3. The highest BCUT2D eigenvalue weighted by Gasteiger charge is 2.01. The Bertz CT molecular complexity index is 467. The van der Waals surface area contributed by atoms with E-state index in [1.165, 1.54) is 0 Å². The quantitative estimate of drug-likeness (QED) is 0.347. The van der Waals surface area contributed by atoms with E-state index in [-0.39, 0.29) is 0 Å². The van der Waals surface area contributed by atoms with E-state index < -0.39 is 5.09 Å². The molecule has 0 saturated heterocycles. The third-order valence-electron chi connectivity index (χ3n) is 1.91. The molecule has 0 radical (unpaired) electrons. The van der Waals surface area contributed by atoms with Crippen molar-refractivity contribution < 1.29 is 9.65 Å². The molecule has 1 aromatic heterocycles. The first-order chi connectivity index (χ1) is 8.09. The zero-order chi connectivity index (χ0) is 12.7. The Morgan fingerprint density at radius 3 is 1.94 bits per heavy atom. The summed E-state index contributed by atoms with van der Waals surface area (Å²) in [6, 6.07) is 13.8. The molecule has 0 aliphatic carbocycles. The fourth-order valence-corrected chi connectivity index (χ4v) is 1.22. The summed E-state index contributed by atoms with van der Waals surface area (Å²) in [5.74, 6) is 0. The molecule has 0 spiro atoms. The Morgan fingerprint density at radius 2 is 1.47 bits per heavy atom. The van der Waals surface area contributed by atoms with Crippen LogP contribution < -0.4 is 10.3 Å². The molecule has 6 heteroatoms. The van der Waals surface area contributed by atoms with Crippen LogP contribution in [0.3, 0.4) is 0 Å². The van der Waals surface area contributed by atoms with E-state index >= 15 is 0 Å². The van der Waals surface area contributed by atoms with Crippen molar-refractivity contribution in [3.63, 3.8) is 0 Å². The molecule has 0 amide bonds. The van der Waals surface area contributed by atoms with Gasteiger partial charge in [0.15, 0.2) is 12.4 Å². The molecule has 0 saturated carbocycles. The Labute approximate surface area is 97.7 Å². The van der Waals surface area contributed by atoms with Gasteiger partial charge in [0.05, 0.1) is 5.09 Å². The second-order valence-corrected chi connectivity index (χ2v) is 3.10. The second-order valence-electron chi connectivity index (χ2n) is 3.10. The minimum absolute atomic E-state index is 0.792. The highest BCUT2D eigenvalue weighted by atomic mass is 16.9. The van der Waals surface area contributed by atoms with Gasteiger partial charge in [-0.05, 0) is 12.1 Å². The van der Waals surface area contributed by atoms with Crippen LogP contribution in [0.25, 0.3) is 5.69 Å². The van der Waals surface area contributed by atoms with Gasteiger partial charge >= 0.3 is 0 Å². The van der Waals surface area contributed by atoms with Crippen molar-refractivity contribution >= 4 is 5.69 Å². The third-order valence-corrected chi connectivity index (χ3v) is 1.91. The van der Waals surface area contributed by atoms with Crippen molar-refractivity contribution in [2.24, 2.45) is 0 Å². The van der Waals surface area contributed by atoms with E-state index in [2.05, 4.69) is 0 Å². The predicted octanol–water partition coefficient (Wildman–Crippen LogP) is 1.31. The van der Waals surface area contributed by atoms with Crippen LogP contribution in [0.5, 0.6) is 0 Å². The largest absolute Gasteiger partial charge is 0.399 e. The Morgan fingerprint density at radius 1 is 1.00 bits per heavy atom. The van der Waals surface area contributed by atoms with E-state index in [0.29, 0.717) is 0 Å². The van der Waals surface area contributed by atoms with Crippen LogP contribution in [-0.4, -0.2) is 5.09 Å². The summed E-state index contributed by atoms with van der Waals surface area (Å²) in [6.07, 6.45) is 4.01. The molecule has 0 atom stereocenters. The van der Waals surface area contributed by atoms with Crippen LogP contribution in [0.1, 0.15) is 0 Å². The van der Waals surface area contributed by atoms with Crippen molar-refractivity contribution in [3.05, 3.63) is 70.2 Å². The molecule has 2 N–H and O–H groups in total. The first kappa shape index (κ1) is 12.4.